The molecule has 0 aromatic heterocycles. The number of hydrogen-bond acceptors (Lipinski definition) is 1. The minimum atomic E-state index is 0.828. The van der Waals surface area contributed by atoms with Crippen LogP contribution < -0.4 is 0 Å². The van der Waals surface area contributed by atoms with Crippen molar-refractivity contribution in [2.45, 2.75) is 148 Å². The van der Waals surface area contributed by atoms with Crippen molar-refractivity contribution in [1.82, 2.24) is 0 Å². The second-order valence-electron chi connectivity index (χ2n) is 16.9. The average Bonchev–Trinajstić information content (AvgIpc) is 3.06. The van der Waals surface area contributed by atoms with Gasteiger partial charge in [-0.2, -0.15) is 0 Å². The largest absolute Gasteiger partial charge is 0.313 e. The topological polar surface area (TPSA) is 23.9 Å². The lowest BCUT2D eigenvalue weighted by molar-refractivity contribution is -0.0355. The Labute approximate surface area is 260 Å². The second kappa shape index (κ2) is 14.1. The van der Waals surface area contributed by atoms with Crippen LogP contribution in [0.5, 0.6) is 0 Å². The molecule has 0 aromatic rings. The van der Waals surface area contributed by atoms with Gasteiger partial charge in [-0.25, -0.2) is 0 Å². The third-order valence-corrected chi connectivity index (χ3v) is 15.2. The quantitative estimate of drug-likeness (QED) is 0.170. The third kappa shape index (κ3) is 6.29. The zero-order valence-corrected chi connectivity index (χ0v) is 27.2. The van der Waals surface area contributed by atoms with Crippen LogP contribution in [0.25, 0.3) is 0 Å². The molecule has 42 heavy (non-hydrogen) atoms. The van der Waals surface area contributed by atoms with Gasteiger partial charge >= 0.3 is 0 Å². The number of rotatable bonds is 8. The van der Waals surface area contributed by atoms with Crippen molar-refractivity contribution < 1.29 is 0 Å². The zero-order valence-electron chi connectivity index (χ0n) is 27.2. The van der Waals surface area contributed by atoms with Gasteiger partial charge in [-0.3, -0.25) is 0 Å². The fraction of sp³-hybridized carbons (Fsp3) is 0.878. The first kappa shape index (κ1) is 29.8. The summed E-state index contributed by atoms with van der Waals surface area (Å²) >= 11 is 0. The van der Waals surface area contributed by atoms with E-state index in [0.29, 0.717) is 0 Å². The summed E-state index contributed by atoms with van der Waals surface area (Å²) in [7, 11) is 0. The second-order valence-corrected chi connectivity index (χ2v) is 16.9. The lowest BCUT2D eigenvalue weighted by Gasteiger charge is -2.54. The van der Waals surface area contributed by atoms with E-state index in [-0.39, 0.29) is 0 Å². The SMILES string of the molecule is N=CCCCCC1C=CC(C2CCC(C3CCC(C4CC5CCC=CC5C5CCCCC45)CC3)C3CCCCC23)CC1. The summed E-state index contributed by atoms with van der Waals surface area (Å²) in [4.78, 5) is 0. The highest BCUT2D eigenvalue weighted by molar-refractivity contribution is 5.52. The predicted molar refractivity (Wildman–Crippen MR) is 179 cm³/mol. The third-order valence-electron chi connectivity index (χ3n) is 15.2. The maximum atomic E-state index is 7.29. The molecule has 1 nitrogen and oxygen atoms in total. The minimum absolute atomic E-state index is 0.828. The number of hydrogen-bond donors (Lipinski definition) is 1. The standard InChI is InChI=1S/C41H65N/c42-27-9-1-2-10-29-17-19-30(20-18-29)35-25-26-36(39-15-6-5-14-38(35)39)31-21-23-32(24-22-31)41-28-33-11-3-4-12-34(33)37-13-7-8-16-40(37)41/h4,12,17,19,27,29-42H,1-3,5-11,13-16,18,20-26,28H2. The first-order valence-electron chi connectivity index (χ1n) is 19.6. The van der Waals surface area contributed by atoms with Crippen molar-refractivity contribution in [3.63, 3.8) is 0 Å². The molecule has 1 N–H and O–H groups in total. The Hall–Kier alpha value is -0.850. The van der Waals surface area contributed by atoms with Crippen LogP contribution in [0.1, 0.15) is 148 Å². The maximum Gasteiger partial charge on any atom is -0.00477 e. The molecule has 7 aliphatic rings. The van der Waals surface area contributed by atoms with E-state index >= 15 is 0 Å². The van der Waals surface area contributed by atoms with Gasteiger partial charge in [0.25, 0.3) is 0 Å². The lowest BCUT2D eigenvalue weighted by atomic mass is 9.51. The highest BCUT2D eigenvalue weighted by Gasteiger charge is 2.49. The summed E-state index contributed by atoms with van der Waals surface area (Å²) in [6.07, 6.45) is 46.3. The summed E-state index contributed by atoms with van der Waals surface area (Å²) in [5.74, 6) is 13.2. The Morgan fingerprint density at radius 3 is 1.90 bits per heavy atom. The van der Waals surface area contributed by atoms with Gasteiger partial charge in [-0.1, -0.05) is 56.4 Å². The van der Waals surface area contributed by atoms with Crippen LogP contribution in [0.4, 0.5) is 0 Å². The molecule has 0 saturated heterocycles. The minimum Gasteiger partial charge on any atom is -0.313 e. The smallest absolute Gasteiger partial charge is 0.00477 e. The molecule has 0 bridgehead atoms. The van der Waals surface area contributed by atoms with E-state index in [4.69, 9.17) is 5.41 Å². The van der Waals surface area contributed by atoms with E-state index in [0.717, 1.165) is 83.4 Å². The first-order valence-corrected chi connectivity index (χ1v) is 19.6. The van der Waals surface area contributed by atoms with E-state index in [1.54, 1.807) is 76.8 Å². The van der Waals surface area contributed by atoms with Gasteiger partial charge in [0.1, 0.15) is 0 Å². The van der Waals surface area contributed by atoms with Crippen LogP contribution in [0.3, 0.4) is 0 Å². The molecule has 0 heterocycles. The molecule has 0 radical (unpaired) electrons. The maximum absolute atomic E-state index is 7.29. The van der Waals surface area contributed by atoms with E-state index in [1.807, 2.05) is 0 Å². The normalized spacial score (nSPS) is 47.2. The van der Waals surface area contributed by atoms with E-state index < -0.39 is 0 Å². The number of unbranched alkanes of at least 4 members (excludes halogenated alkanes) is 2. The first-order chi connectivity index (χ1) is 20.8. The van der Waals surface area contributed by atoms with Gasteiger partial charge in [-0.15, -0.1) is 0 Å². The summed E-state index contributed by atoms with van der Waals surface area (Å²) in [6, 6.07) is 0. The molecule has 0 aliphatic heterocycles. The van der Waals surface area contributed by atoms with Gasteiger partial charge < -0.3 is 5.41 Å². The molecule has 11 unspecified atom stereocenters. The molecule has 5 fully saturated rings. The van der Waals surface area contributed by atoms with Crippen LogP contribution in [0, 0.1) is 82.3 Å². The average molecular weight is 572 g/mol. The Balaban J connectivity index is 0.951. The van der Waals surface area contributed by atoms with Crippen LogP contribution in [-0.4, -0.2) is 6.21 Å². The highest BCUT2D eigenvalue weighted by atomic mass is 14.5. The van der Waals surface area contributed by atoms with Crippen molar-refractivity contribution in [2.75, 3.05) is 0 Å². The monoisotopic (exact) mass is 572 g/mol. The van der Waals surface area contributed by atoms with Gasteiger partial charge in [0.2, 0.25) is 0 Å². The van der Waals surface area contributed by atoms with Gasteiger partial charge in [0.05, 0.1) is 0 Å². The summed E-state index contributed by atoms with van der Waals surface area (Å²) in [6.45, 7) is 0. The fourth-order valence-electron chi connectivity index (χ4n) is 13.3. The molecular formula is C41H65N. The summed E-state index contributed by atoms with van der Waals surface area (Å²) in [5.41, 5.74) is 0. The molecule has 7 rings (SSSR count). The van der Waals surface area contributed by atoms with Crippen molar-refractivity contribution >= 4 is 6.21 Å². The number of nitrogens with one attached hydrogen (secondary N) is 1. The molecule has 0 amide bonds. The van der Waals surface area contributed by atoms with Gasteiger partial charge in [0, 0.05) is 0 Å². The Bertz CT molecular complexity index is 923. The summed E-state index contributed by atoms with van der Waals surface area (Å²) in [5, 5.41) is 7.29. The van der Waals surface area contributed by atoms with Crippen molar-refractivity contribution in [3.8, 4) is 0 Å². The molecule has 5 saturated carbocycles. The van der Waals surface area contributed by atoms with Crippen LogP contribution in [0.15, 0.2) is 24.3 Å². The van der Waals surface area contributed by atoms with Gasteiger partial charge in [-0.05, 0) is 199 Å². The predicted octanol–water partition coefficient (Wildman–Crippen LogP) is 11.8. The van der Waals surface area contributed by atoms with Crippen molar-refractivity contribution in [1.29, 1.82) is 5.41 Å². The zero-order chi connectivity index (χ0) is 28.3. The molecule has 234 valence electrons. The van der Waals surface area contributed by atoms with Gasteiger partial charge in [0.15, 0.2) is 0 Å². The Kier molecular flexibility index (Phi) is 9.99. The molecule has 0 spiro atoms. The molecule has 0 aromatic carbocycles. The van der Waals surface area contributed by atoms with E-state index in [1.165, 1.54) is 70.6 Å². The van der Waals surface area contributed by atoms with Crippen LogP contribution in [-0.2, 0) is 0 Å². The molecule has 1 heteroatoms. The summed E-state index contributed by atoms with van der Waals surface area (Å²) < 4.78 is 0. The van der Waals surface area contributed by atoms with Crippen molar-refractivity contribution in [2.24, 2.45) is 76.9 Å². The lowest BCUT2D eigenvalue weighted by Crippen LogP contribution is -2.46. The Morgan fingerprint density at radius 2 is 1.19 bits per heavy atom. The van der Waals surface area contributed by atoms with Crippen molar-refractivity contribution in [3.05, 3.63) is 24.3 Å². The molecular weight excluding hydrogens is 506 g/mol. The van der Waals surface area contributed by atoms with Crippen LogP contribution >= 0.6 is 0 Å². The fourth-order valence-corrected chi connectivity index (χ4v) is 13.3. The molecule has 7 aliphatic carbocycles. The Morgan fingerprint density at radius 1 is 0.524 bits per heavy atom. The number of fused-ring (bicyclic) bond motifs is 4. The van der Waals surface area contributed by atoms with E-state index in [9.17, 15) is 0 Å². The van der Waals surface area contributed by atoms with E-state index in [2.05, 4.69) is 24.3 Å². The molecule has 11 atom stereocenters. The van der Waals surface area contributed by atoms with Crippen LogP contribution in [0.2, 0.25) is 0 Å². The highest BCUT2D eigenvalue weighted by Crippen LogP contribution is 2.58. The number of allylic oxidation sites excluding steroid dienone is 4.